The van der Waals surface area contributed by atoms with Crippen molar-refractivity contribution in [2.24, 2.45) is 5.92 Å². The van der Waals surface area contributed by atoms with E-state index < -0.39 is 17.7 Å². The number of aliphatic hydroxyl groups is 1. The lowest BCUT2D eigenvalue weighted by atomic mass is 9.96. The Labute approximate surface area is 157 Å². The molecule has 1 aromatic heterocycles. The van der Waals surface area contributed by atoms with Gasteiger partial charge in [-0.15, -0.1) is 0 Å². The smallest absolute Gasteiger partial charge is 0.229 e. The van der Waals surface area contributed by atoms with Gasteiger partial charge in [0.2, 0.25) is 5.91 Å². The minimum absolute atomic E-state index is 0.0937. The molecular formula is C20H23F2N3O2. The Morgan fingerprint density at radius 2 is 2.19 bits per heavy atom. The van der Waals surface area contributed by atoms with E-state index in [1.165, 1.54) is 6.07 Å². The zero-order valence-corrected chi connectivity index (χ0v) is 15.2. The Hall–Kier alpha value is -2.38. The average Bonchev–Trinajstić information content (AvgIpc) is 2.66. The average molecular weight is 375 g/mol. The second-order valence-corrected chi connectivity index (χ2v) is 6.95. The molecule has 27 heavy (non-hydrogen) atoms. The molecular weight excluding hydrogens is 352 g/mol. The maximum absolute atomic E-state index is 13.4. The number of β-amino-alcohol motifs (C(OH)–C–C–N with tert-alkyl or cyclic N) is 1. The number of carbonyl (C=O) groups excluding carboxylic acids is 1. The van der Waals surface area contributed by atoms with Gasteiger partial charge in [0.15, 0.2) is 11.6 Å². The van der Waals surface area contributed by atoms with Crippen molar-refractivity contribution in [2.45, 2.75) is 25.9 Å². The Morgan fingerprint density at radius 1 is 1.37 bits per heavy atom. The van der Waals surface area contributed by atoms with E-state index >= 15 is 0 Å². The number of aryl methyl sites for hydroxylation is 1. The van der Waals surface area contributed by atoms with Crippen LogP contribution < -0.4 is 5.32 Å². The Bertz CT molecular complexity index is 816. The predicted molar refractivity (Wildman–Crippen MR) is 98.1 cm³/mol. The first-order valence-electron chi connectivity index (χ1n) is 9.02. The van der Waals surface area contributed by atoms with Crippen LogP contribution in [0.5, 0.6) is 0 Å². The number of hydrogen-bond acceptors (Lipinski definition) is 4. The highest BCUT2D eigenvalue weighted by Gasteiger charge is 2.27. The van der Waals surface area contributed by atoms with E-state index in [0.29, 0.717) is 17.9 Å². The summed E-state index contributed by atoms with van der Waals surface area (Å²) < 4.78 is 26.4. The van der Waals surface area contributed by atoms with Gasteiger partial charge in [-0.1, -0.05) is 12.1 Å². The van der Waals surface area contributed by atoms with Crippen LogP contribution in [0.25, 0.3) is 0 Å². The summed E-state index contributed by atoms with van der Waals surface area (Å²) >= 11 is 0. The number of aromatic nitrogens is 1. The van der Waals surface area contributed by atoms with Gasteiger partial charge in [0.05, 0.1) is 12.0 Å². The largest absolute Gasteiger partial charge is 0.387 e. The molecule has 1 saturated heterocycles. The third-order valence-electron chi connectivity index (χ3n) is 4.89. The molecule has 1 amide bonds. The van der Waals surface area contributed by atoms with Gasteiger partial charge in [-0.05, 0) is 55.6 Å². The fourth-order valence-electron chi connectivity index (χ4n) is 3.34. The maximum atomic E-state index is 13.4. The van der Waals surface area contributed by atoms with Gasteiger partial charge in [-0.2, -0.15) is 0 Å². The molecule has 7 heteroatoms. The molecule has 2 aromatic rings. The number of aliphatic hydroxyl groups excluding tert-OH is 1. The first-order chi connectivity index (χ1) is 12.9. The van der Waals surface area contributed by atoms with E-state index in [1.54, 1.807) is 6.20 Å². The van der Waals surface area contributed by atoms with E-state index in [2.05, 4.69) is 10.3 Å². The quantitative estimate of drug-likeness (QED) is 0.843. The number of carbonyl (C=O) groups is 1. The number of likely N-dealkylation sites (tertiary alicyclic amines) is 1. The molecule has 1 fully saturated rings. The van der Waals surface area contributed by atoms with Crippen molar-refractivity contribution in [3.63, 3.8) is 0 Å². The van der Waals surface area contributed by atoms with Crippen LogP contribution in [0.15, 0.2) is 36.5 Å². The first-order valence-corrected chi connectivity index (χ1v) is 9.02. The van der Waals surface area contributed by atoms with Crippen molar-refractivity contribution in [3.8, 4) is 0 Å². The molecule has 3 rings (SSSR count). The predicted octanol–water partition coefficient (Wildman–Crippen LogP) is 3.05. The van der Waals surface area contributed by atoms with Gasteiger partial charge < -0.3 is 10.4 Å². The molecule has 0 saturated carbocycles. The number of pyridine rings is 1. The van der Waals surface area contributed by atoms with E-state index in [9.17, 15) is 18.7 Å². The van der Waals surface area contributed by atoms with E-state index in [1.807, 2.05) is 24.0 Å². The number of hydrogen-bond donors (Lipinski definition) is 2. The molecule has 144 valence electrons. The van der Waals surface area contributed by atoms with Crippen LogP contribution in [0.4, 0.5) is 14.6 Å². The summed E-state index contributed by atoms with van der Waals surface area (Å²) in [7, 11) is 0. The fourth-order valence-corrected chi connectivity index (χ4v) is 3.34. The molecule has 0 bridgehead atoms. The second kappa shape index (κ2) is 8.54. The molecule has 2 atom stereocenters. The van der Waals surface area contributed by atoms with E-state index in [0.717, 1.165) is 37.1 Å². The van der Waals surface area contributed by atoms with Gasteiger partial charge in [0.1, 0.15) is 5.82 Å². The monoisotopic (exact) mass is 375 g/mol. The number of nitrogens with zero attached hydrogens (tertiary/aromatic N) is 2. The van der Waals surface area contributed by atoms with Crippen LogP contribution in [0, 0.1) is 24.5 Å². The third kappa shape index (κ3) is 4.87. The van der Waals surface area contributed by atoms with Crippen molar-refractivity contribution in [1.82, 2.24) is 9.88 Å². The summed E-state index contributed by atoms with van der Waals surface area (Å²) in [4.78, 5) is 18.7. The number of amides is 1. The van der Waals surface area contributed by atoms with Gasteiger partial charge in [0.25, 0.3) is 0 Å². The van der Waals surface area contributed by atoms with Crippen molar-refractivity contribution in [1.29, 1.82) is 0 Å². The van der Waals surface area contributed by atoms with Gasteiger partial charge in [-0.25, -0.2) is 13.8 Å². The second-order valence-electron chi connectivity index (χ2n) is 6.95. The summed E-state index contributed by atoms with van der Waals surface area (Å²) in [5, 5.41) is 13.2. The highest BCUT2D eigenvalue weighted by atomic mass is 19.2. The van der Waals surface area contributed by atoms with Crippen molar-refractivity contribution in [3.05, 3.63) is 59.3 Å². The van der Waals surface area contributed by atoms with E-state index in [-0.39, 0.29) is 18.4 Å². The summed E-state index contributed by atoms with van der Waals surface area (Å²) in [5.74, 6) is -1.67. The highest BCUT2D eigenvalue weighted by molar-refractivity contribution is 5.92. The van der Waals surface area contributed by atoms with Crippen LogP contribution in [-0.4, -0.2) is 40.5 Å². The number of anilines is 1. The maximum Gasteiger partial charge on any atom is 0.229 e. The van der Waals surface area contributed by atoms with Crippen LogP contribution in [0.1, 0.15) is 30.1 Å². The normalized spacial score (nSPS) is 18.9. The number of nitrogens with one attached hydrogen (secondary N) is 1. The van der Waals surface area contributed by atoms with Crippen LogP contribution in [0.2, 0.25) is 0 Å². The molecule has 0 unspecified atom stereocenters. The van der Waals surface area contributed by atoms with Gasteiger partial charge in [-0.3, -0.25) is 9.69 Å². The molecule has 1 aliphatic rings. The SMILES string of the molecule is Cc1cccnc1NC(=O)[C@@H]1CCCN(C[C@H](O)c2ccc(F)c(F)c2)C1. The molecule has 5 nitrogen and oxygen atoms in total. The lowest BCUT2D eigenvalue weighted by Gasteiger charge is -2.33. The molecule has 0 aliphatic carbocycles. The Balaban J connectivity index is 1.59. The minimum atomic E-state index is -0.979. The molecule has 2 N–H and O–H groups in total. The van der Waals surface area contributed by atoms with Crippen molar-refractivity contribution >= 4 is 11.7 Å². The van der Waals surface area contributed by atoms with Crippen molar-refractivity contribution in [2.75, 3.05) is 25.0 Å². The van der Waals surface area contributed by atoms with Gasteiger partial charge >= 0.3 is 0 Å². The molecule has 1 aliphatic heterocycles. The minimum Gasteiger partial charge on any atom is -0.387 e. The summed E-state index contributed by atoms with van der Waals surface area (Å²) in [5.41, 5.74) is 1.22. The van der Waals surface area contributed by atoms with E-state index in [4.69, 9.17) is 0 Å². The van der Waals surface area contributed by atoms with Crippen LogP contribution in [-0.2, 0) is 4.79 Å². The number of piperidine rings is 1. The van der Waals surface area contributed by atoms with Crippen LogP contribution in [0.3, 0.4) is 0 Å². The van der Waals surface area contributed by atoms with Crippen molar-refractivity contribution < 1.29 is 18.7 Å². The lowest BCUT2D eigenvalue weighted by Crippen LogP contribution is -2.42. The summed E-state index contributed by atoms with van der Waals surface area (Å²) in [6.45, 7) is 3.39. The Morgan fingerprint density at radius 3 is 2.93 bits per heavy atom. The molecule has 0 radical (unpaired) electrons. The molecule has 2 heterocycles. The first kappa shape index (κ1) is 19.4. The third-order valence-corrected chi connectivity index (χ3v) is 4.89. The number of halogens is 2. The zero-order valence-electron chi connectivity index (χ0n) is 15.2. The van der Waals surface area contributed by atoms with Gasteiger partial charge in [0, 0.05) is 19.3 Å². The highest BCUT2D eigenvalue weighted by Crippen LogP contribution is 2.23. The lowest BCUT2D eigenvalue weighted by molar-refractivity contribution is -0.121. The molecule has 0 spiro atoms. The fraction of sp³-hybridized carbons (Fsp3) is 0.400. The Kier molecular flexibility index (Phi) is 6.13. The van der Waals surface area contributed by atoms with Crippen LogP contribution >= 0.6 is 0 Å². The number of benzene rings is 1. The summed E-state index contributed by atoms with van der Waals surface area (Å²) in [6, 6.07) is 7.09. The summed E-state index contributed by atoms with van der Waals surface area (Å²) in [6.07, 6.45) is 2.27. The standard InChI is InChI=1S/C20H23F2N3O2/c1-13-4-2-8-23-19(13)24-20(27)15-5-3-9-25(11-15)12-18(26)14-6-7-16(21)17(22)10-14/h2,4,6-8,10,15,18,26H,3,5,9,11-12H2,1H3,(H,23,24,27)/t15-,18+/m1/s1. The molecule has 1 aromatic carbocycles. The zero-order chi connectivity index (χ0) is 19.4. The topological polar surface area (TPSA) is 65.5 Å². The number of rotatable bonds is 5.